The molecule has 0 aliphatic heterocycles. The molecule has 2 aromatic carbocycles. The summed E-state index contributed by atoms with van der Waals surface area (Å²) < 4.78 is 27.9. The van der Waals surface area contributed by atoms with Gasteiger partial charge in [0.25, 0.3) is 10.0 Å². The number of benzene rings is 2. The number of thiazole rings is 1. The van der Waals surface area contributed by atoms with Gasteiger partial charge in [0.05, 0.1) is 4.90 Å². The predicted molar refractivity (Wildman–Crippen MR) is 120 cm³/mol. The van der Waals surface area contributed by atoms with Crippen LogP contribution in [-0.4, -0.2) is 19.2 Å². The van der Waals surface area contributed by atoms with Gasteiger partial charge in [-0.25, -0.2) is 13.4 Å². The summed E-state index contributed by atoms with van der Waals surface area (Å²) in [4.78, 5) is 16.1. The molecule has 3 N–H and O–H groups in total. The number of rotatable bonds is 8. The Bertz CT molecular complexity index is 1130. The quantitative estimate of drug-likeness (QED) is 0.510. The van der Waals surface area contributed by atoms with E-state index in [1.807, 2.05) is 38.1 Å². The Morgan fingerprint density at radius 1 is 1.13 bits per heavy atom. The monoisotopic (exact) mass is 443 g/mol. The summed E-state index contributed by atoms with van der Waals surface area (Å²) in [5.41, 5.74) is 9.08. The van der Waals surface area contributed by atoms with Crippen molar-refractivity contribution in [1.82, 2.24) is 4.98 Å². The first kappa shape index (κ1) is 22.1. The molecule has 8 heteroatoms. The number of aromatic nitrogens is 1. The Hall–Kier alpha value is -2.55. The second-order valence-electron chi connectivity index (χ2n) is 7.74. The Morgan fingerprint density at radius 3 is 2.40 bits per heavy atom. The van der Waals surface area contributed by atoms with Gasteiger partial charge in [-0.15, -0.1) is 11.3 Å². The van der Waals surface area contributed by atoms with Crippen LogP contribution in [0.4, 0.5) is 5.13 Å². The number of hydrogen-bond donors (Lipinski definition) is 2. The fourth-order valence-corrected chi connectivity index (χ4v) is 4.95. The molecule has 0 aliphatic rings. The number of ketones is 1. The summed E-state index contributed by atoms with van der Waals surface area (Å²) in [5, 5.41) is 1.99. The summed E-state index contributed by atoms with van der Waals surface area (Å²) in [6.45, 7) is 5.39. The SMILES string of the molecule is CC(=O)c1ccc(S(=O)(=O)Nc2nccs2)cc1CCc1ccc(C(C)(C)N)cc1. The molecule has 0 bridgehead atoms. The average Bonchev–Trinajstić information content (AvgIpc) is 3.18. The molecule has 6 nitrogen and oxygen atoms in total. The molecule has 158 valence electrons. The number of anilines is 1. The minimum Gasteiger partial charge on any atom is -0.322 e. The largest absolute Gasteiger partial charge is 0.322 e. The number of carbonyl (C=O) groups is 1. The van der Waals surface area contributed by atoms with Crippen molar-refractivity contribution in [2.24, 2.45) is 5.73 Å². The van der Waals surface area contributed by atoms with E-state index in [4.69, 9.17) is 5.73 Å². The first-order chi connectivity index (χ1) is 14.1. The molecule has 0 aliphatic carbocycles. The van der Waals surface area contributed by atoms with E-state index < -0.39 is 15.6 Å². The summed E-state index contributed by atoms with van der Waals surface area (Å²) in [7, 11) is -3.78. The smallest absolute Gasteiger partial charge is 0.263 e. The van der Waals surface area contributed by atoms with Gasteiger partial charge in [-0.05, 0) is 68.5 Å². The van der Waals surface area contributed by atoms with E-state index in [9.17, 15) is 13.2 Å². The van der Waals surface area contributed by atoms with Crippen molar-refractivity contribution in [3.8, 4) is 0 Å². The van der Waals surface area contributed by atoms with Crippen molar-refractivity contribution in [2.75, 3.05) is 4.72 Å². The first-order valence-electron chi connectivity index (χ1n) is 9.51. The minimum absolute atomic E-state index is 0.0953. The minimum atomic E-state index is -3.78. The lowest BCUT2D eigenvalue weighted by molar-refractivity contribution is 0.101. The number of Topliss-reactive ketones (excluding diaryl/α,β-unsaturated/α-hetero) is 1. The van der Waals surface area contributed by atoms with Crippen molar-refractivity contribution < 1.29 is 13.2 Å². The molecule has 0 atom stereocenters. The van der Waals surface area contributed by atoms with Gasteiger partial charge < -0.3 is 5.73 Å². The zero-order valence-electron chi connectivity index (χ0n) is 17.2. The van der Waals surface area contributed by atoms with Crippen LogP contribution in [-0.2, 0) is 28.4 Å². The maximum atomic E-state index is 12.7. The molecule has 0 spiro atoms. The Balaban J connectivity index is 1.84. The second-order valence-corrected chi connectivity index (χ2v) is 10.3. The number of aryl methyl sites for hydroxylation is 2. The summed E-state index contributed by atoms with van der Waals surface area (Å²) in [5.74, 6) is -0.0953. The molecular weight excluding hydrogens is 418 g/mol. The normalized spacial score (nSPS) is 12.0. The number of carbonyl (C=O) groups excluding carboxylic acids is 1. The van der Waals surface area contributed by atoms with Gasteiger partial charge in [-0.1, -0.05) is 24.3 Å². The Labute approximate surface area is 181 Å². The number of nitrogens with two attached hydrogens (primary N) is 1. The van der Waals surface area contributed by atoms with E-state index in [1.54, 1.807) is 17.5 Å². The van der Waals surface area contributed by atoms with E-state index in [1.165, 1.54) is 30.5 Å². The maximum absolute atomic E-state index is 12.7. The summed E-state index contributed by atoms with van der Waals surface area (Å²) in [6.07, 6.45) is 2.75. The lowest BCUT2D eigenvalue weighted by Crippen LogP contribution is -2.28. The highest BCUT2D eigenvalue weighted by molar-refractivity contribution is 7.93. The van der Waals surface area contributed by atoms with Crippen LogP contribution >= 0.6 is 11.3 Å². The molecule has 0 radical (unpaired) electrons. The molecular formula is C22H25N3O3S2. The van der Waals surface area contributed by atoms with Crippen LogP contribution in [0, 0.1) is 0 Å². The van der Waals surface area contributed by atoms with E-state index in [0.717, 1.165) is 11.1 Å². The molecule has 0 amide bonds. The van der Waals surface area contributed by atoms with Gasteiger partial charge in [0.1, 0.15) is 0 Å². The number of sulfonamides is 1. The van der Waals surface area contributed by atoms with Crippen LogP contribution < -0.4 is 10.5 Å². The van der Waals surface area contributed by atoms with Crippen LogP contribution in [0.3, 0.4) is 0 Å². The number of hydrogen-bond acceptors (Lipinski definition) is 6. The topological polar surface area (TPSA) is 102 Å². The fraction of sp³-hybridized carbons (Fsp3) is 0.273. The zero-order valence-corrected chi connectivity index (χ0v) is 18.8. The van der Waals surface area contributed by atoms with Crippen molar-refractivity contribution in [3.05, 3.63) is 76.3 Å². The molecule has 0 saturated heterocycles. The zero-order chi connectivity index (χ0) is 21.9. The molecule has 1 aromatic heterocycles. The summed E-state index contributed by atoms with van der Waals surface area (Å²) >= 11 is 1.20. The maximum Gasteiger partial charge on any atom is 0.263 e. The number of nitrogens with zero attached hydrogens (tertiary/aromatic N) is 1. The third-order valence-corrected chi connectivity index (χ3v) is 6.96. The van der Waals surface area contributed by atoms with Crippen LogP contribution in [0.15, 0.2) is 58.9 Å². The van der Waals surface area contributed by atoms with Gasteiger partial charge in [-0.3, -0.25) is 9.52 Å². The third-order valence-electron chi connectivity index (χ3n) is 4.80. The molecule has 3 aromatic rings. The van der Waals surface area contributed by atoms with Gasteiger partial charge in [0.15, 0.2) is 10.9 Å². The Kier molecular flexibility index (Phi) is 6.40. The highest BCUT2D eigenvalue weighted by Gasteiger charge is 2.19. The second kappa shape index (κ2) is 8.67. The van der Waals surface area contributed by atoms with Crippen molar-refractivity contribution >= 4 is 32.3 Å². The first-order valence-corrected chi connectivity index (χ1v) is 11.9. The lowest BCUT2D eigenvalue weighted by atomic mass is 9.93. The molecule has 0 saturated carbocycles. The van der Waals surface area contributed by atoms with Crippen LogP contribution in [0.5, 0.6) is 0 Å². The van der Waals surface area contributed by atoms with Crippen LogP contribution in [0.2, 0.25) is 0 Å². The Morgan fingerprint density at radius 2 is 1.83 bits per heavy atom. The van der Waals surface area contributed by atoms with Gasteiger partial charge in [0.2, 0.25) is 0 Å². The van der Waals surface area contributed by atoms with Crippen molar-refractivity contribution in [2.45, 2.75) is 44.0 Å². The van der Waals surface area contributed by atoms with Crippen LogP contribution in [0.25, 0.3) is 0 Å². The fourth-order valence-electron chi connectivity index (χ4n) is 3.12. The summed E-state index contributed by atoms with van der Waals surface area (Å²) in [6, 6.07) is 12.6. The molecule has 1 heterocycles. The molecule has 0 unspecified atom stereocenters. The molecule has 0 fully saturated rings. The standard InChI is InChI=1S/C22H25N3O3S2/c1-15(26)20-11-10-19(30(27,28)25-21-24-12-13-29-21)14-17(20)7-4-16-5-8-18(9-6-16)22(2,3)23/h5-6,8-14H,4,7,23H2,1-3H3,(H,24,25). The average molecular weight is 444 g/mol. The highest BCUT2D eigenvalue weighted by Crippen LogP contribution is 2.23. The highest BCUT2D eigenvalue weighted by atomic mass is 32.2. The number of nitrogens with one attached hydrogen (secondary N) is 1. The lowest BCUT2D eigenvalue weighted by Gasteiger charge is -2.19. The van der Waals surface area contributed by atoms with Gasteiger partial charge in [0, 0.05) is 22.7 Å². The van der Waals surface area contributed by atoms with E-state index >= 15 is 0 Å². The van der Waals surface area contributed by atoms with Gasteiger partial charge >= 0.3 is 0 Å². The van der Waals surface area contributed by atoms with Crippen LogP contribution in [0.1, 0.15) is 47.8 Å². The molecule has 30 heavy (non-hydrogen) atoms. The van der Waals surface area contributed by atoms with E-state index in [-0.39, 0.29) is 10.7 Å². The van der Waals surface area contributed by atoms with Gasteiger partial charge in [-0.2, -0.15) is 0 Å². The van der Waals surface area contributed by atoms with Crippen molar-refractivity contribution in [1.29, 1.82) is 0 Å². The van der Waals surface area contributed by atoms with Crippen molar-refractivity contribution in [3.63, 3.8) is 0 Å². The predicted octanol–water partition coefficient (Wildman–Crippen LogP) is 4.13. The van der Waals surface area contributed by atoms with E-state index in [0.29, 0.717) is 29.1 Å². The molecule has 3 rings (SSSR count). The third kappa shape index (κ3) is 5.33. The van der Waals surface area contributed by atoms with E-state index in [2.05, 4.69) is 9.71 Å².